The number of rotatable bonds is 29. The molecule has 0 aromatic heterocycles. The van der Waals surface area contributed by atoms with Gasteiger partial charge in [0.2, 0.25) is 0 Å². The lowest BCUT2D eigenvalue weighted by Crippen LogP contribution is -2.66. The van der Waals surface area contributed by atoms with Crippen molar-refractivity contribution in [3.8, 4) is 5.75 Å². The molecule has 0 aliphatic carbocycles. The van der Waals surface area contributed by atoms with Gasteiger partial charge >= 0.3 is 0 Å². The van der Waals surface area contributed by atoms with Crippen LogP contribution in [0.5, 0.6) is 5.75 Å². The fraction of sp³-hybridized carbons (Fsp3) is 0.617. The lowest BCUT2D eigenvalue weighted by molar-refractivity contribution is 0.104. The predicted molar refractivity (Wildman–Crippen MR) is 223 cm³/mol. The van der Waals surface area contributed by atoms with E-state index in [4.69, 9.17) is 13.9 Å². The molecule has 3 rings (SSSR count). The topological polar surface area (TPSA) is 27.7 Å². The first-order valence-electron chi connectivity index (χ1n) is 20.9. The molecule has 1 atom stereocenters. The average molecular weight is 715 g/mol. The normalized spacial score (nSPS) is 12.6. The van der Waals surface area contributed by atoms with E-state index in [0.29, 0.717) is 6.61 Å². The van der Waals surface area contributed by atoms with Crippen molar-refractivity contribution in [3.63, 3.8) is 0 Å². The van der Waals surface area contributed by atoms with Crippen molar-refractivity contribution >= 4 is 18.7 Å². The van der Waals surface area contributed by atoms with E-state index in [1.807, 2.05) is 12.1 Å². The Morgan fingerprint density at radius 2 is 1.00 bits per heavy atom. The first-order chi connectivity index (χ1) is 24.9. The second-order valence-corrected chi connectivity index (χ2v) is 20.3. The molecule has 0 N–H and O–H groups in total. The van der Waals surface area contributed by atoms with Crippen LogP contribution in [0.1, 0.15) is 155 Å². The van der Waals surface area contributed by atoms with Crippen molar-refractivity contribution in [2.45, 2.75) is 161 Å². The van der Waals surface area contributed by atoms with Crippen LogP contribution in [-0.2, 0) is 15.8 Å². The molecule has 0 amide bonds. The van der Waals surface area contributed by atoms with Gasteiger partial charge in [0.05, 0.1) is 13.7 Å². The van der Waals surface area contributed by atoms with E-state index >= 15 is 0 Å². The van der Waals surface area contributed by atoms with E-state index in [2.05, 4.69) is 100 Å². The molecular formula is C47H74O3Si. The van der Waals surface area contributed by atoms with Gasteiger partial charge in [0.25, 0.3) is 8.32 Å². The minimum Gasteiger partial charge on any atom is -0.497 e. The molecule has 3 nitrogen and oxygen atoms in total. The van der Waals surface area contributed by atoms with Crippen molar-refractivity contribution in [2.75, 3.05) is 20.3 Å². The summed E-state index contributed by atoms with van der Waals surface area (Å²) < 4.78 is 18.5. The van der Waals surface area contributed by atoms with Crippen LogP contribution in [0.3, 0.4) is 0 Å². The van der Waals surface area contributed by atoms with Crippen LogP contribution in [0.2, 0.25) is 5.04 Å². The van der Waals surface area contributed by atoms with Gasteiger partial charge in [-0.05, 0) is 51.9 Å². The number of unbranched alkanes of at least 4 members (excludes halogenated alkanes) is 14. The van der Waals surface area contributed by atoms with Crippen molar-refractivity contribution in [1.29, 1.82) is 0 Å². The molecule has 0 aliphatic rings. The van der Waals surface area contributed by atoms with Crippen molar-refractivity contribution < 1.29 is 13.9 Å². The second-order valence-electron chi connectivity index (χ2n) is 15.9. The maximum atomic E-state index is 7.09. The SMILES string of the molecule is CCCCCCCCCC(CCCCCCCCCCCO[Si](c1ccccc1)(c1ccccc1)C(C)(C)C)CCOCc1ccc(OC)cc1. The predicted octanol–water partition coefficient (Wildman–Crippen LogP) is 12.8. The van der Waals surface area contributed by atoms with Gasteiger partial charge in [0.15, 0.2) is 0 Å². The smallest absolute Gasteiger partial charge is 0.261 e. The third-order valence-corrected chi connectivity index (χ3v) is 15.8. The maximum absolute atomic E-state index is 7.09. The first kappa shape index (κ1) is 43.0. The van der Waals surface area contributed by atoms with E-state index in [0.717, 1.165) is 31.3 Å². The molecule has 51 heavy (non-hydrogen) atoms. The van der Waals surface area contributed by atoms with Crippen LogP contribution in [0, 0.1) is 5.92 Å². The summed E-state index contributed by atoms with van der Waals surface area (Å²) in [5, 5.41) is 2.81. The Balaban J connectivity index is 1.30. The van der Waals surface area contributed by atoms with Crippen molar-refractivity contribution in [3.05, 3.63) is 90.5 Å². The van der Waals surface area contributed by atoms with Gasteiger partial charge < -0.3 is 13.9 Å². The van der Waals surface area contributed by atoms with E-state index in [9.17, 15) is 0 Å². The molecule has 4 heteroatoms. The first-order valence-corrected chi connectivity index (χ1v) is 22.8. The quantitative estimate of drug-likeness (QED) is 0.0529. The summed E-state index contributed by atoms with van der Waals surface area (Å²) in [4.78, 5) is 0. The van der Waals surface area contributed by atoms with Gasteiger partial charge in [0.1, 0.15) is 5.75 Å². The zero-order valence-electron chi connectivity index (χ0n) is 33.4. The molecule has 0 radical (unpaired) electrons. The summed E-state index contributed by atoms with van der Waals surface area (Å²) in [6, 6.07) is 30.4. The van der Waals surface area contributed by atoms with Crippen LogP contribution in [0.15, 0.2) is 84.9 Å². The van der Waals surface area contributed by atoms with E-state index in [-0.39, 0.29) is 5.04 Å². The Morgan fingerprint density at radius 1 is 0.529 bits per heavy atom. The number of methoxy groups -OCH3 is 1. The fourth-order valence-electron chi connectivity index (χ4n) is 7.74. The van der Waals surface area contributed by atoms with Gasteiger partial charge in [-0.2, -0.15) is 0 Å². The molecule has 0 aliphatic heterocycles. The van der Waals surface area contributed by atoms with Gasteiger partial charge in [0, 0.05) is 13.2 Å². The Kier molecular flexibility index (Phi) is 21.5. The van der Waals surface area contributed by atoms with Gasteiger partial charge in [-0.3, -0.25) is 0 Å². The highest BCUT2D eigenvalue weighted by Crippen LogP contribution is 2.37. The second kappa shape index (κ2) is 25.6. The van der Waals surface area contributed by atoms with Gasteiger partial charge in [-0.25, -0.2) is 0 Å². The van der Waals surface area contributed by atoms with Gasteiger partial charge in [-0.15, -0.1) is 0 Å². The molecule has 1 unspecified atom stereocenters. The highest BCUT2D eigenvalue weighted by atomic mass is 28.4. The van der Waals surface area contributed by atoms with Crippen LogP contribution in [0.25, 0.3) is 0 Å². The van der Waals surface area contributed by atoms with E-state index in [1.165, 1.54) is 132 Å². The summed E-state index contributed by atoms with van der Waals surface area (Å²) >= 11 is 0. The highest BCUT2D eigenvalue weighted by Gasteiger charge is 2.49. The molecule has 0 saturated carbocycles. The highest BCUT2D eigenvalue weighted by molar-refractivity contribution is 6.99. The zero-order chi connectivity index (χ0) is 36.5. The molecule has 0 fully saturated rings. The van der Waals surface area contributed by atoms with Crippen LogP contribution in [0.4, 0.5) is 0 Å². The lowest BCUT2D eigenvalue weighted by atomic mass is 9.91. The fourth-order valence-corrected chi connectivity index (χ4v) is 12.4. The van der Waals surface area contributed by atoms with Crippen molar-refractivity contribution in [1.82, 2.24) is 0 Å². The third-order valence-electron chi connectivity index (χ3n) is 10.8. The Hall–Kier alpha value is -2.40. The molecule has 3 aromatic carbocycles. The summed E-state index contributed by atoms with van der Waals surface area (Å²) in [6.07, 6.45) is 25.7. The lowest BCUT2D eigenvalue weighted by Gasteiger charge is -2.43. The molecule has 0 spiro atoms. The van der Waals surface area contributed by atoms with Crippen LogP contribution in [-0.4, -0.2) is 28.6 Å². The molecule has 0 saturated heterocycles. The molecule has 3 aromatic rings. The minimum absolute atomic E-state index is 0.0508. The molecule has 284 valence electrons. The number of hydrogen-bond donors (Lipinski definition) is 0. The Morgan fingerprint density at radius 3 is 1.47 bits per heavy atom. The van der Waals surface area contributed by atoms with Gasteiger partial charge in [-0.1, -0.05) is 210 Å². The van der Waals surface area contributed by atoms with Crippen LogP contribution >= 0.6 is 0 Å². The maximum Gasteiger partial charge on any atom is 0.261 e. The Labute approximate surface area is 315 Å². The Bertz CT molecular complexity index is 1200. The summed E-state index contributed by atoms with van der Waals surface area (Å²) in [5.41, 5.74) is 1.23. The zero-order valence-corrected chi connectivity index (χ0v) is 34.4. The average Bonchev–Trinajstić information content (AvgIpc) is 3.15. The summed E-state index contributed by atoms with van der Waals surface area (Å²) in [6.45, 7) is 11.8. The van der Waals surface area contributed by atoms with E-state index < -0.39 is 8.32 Å². The molecule has 0 heterocycles. The summed E-state index contributed by atoms with van der Waals surface area (Å²) in [7, 11) is -0.690. The standard InChI is InChI=1S/C47H74O3Si/c1-6-7-8-9-13-16-21-28-42(38-40-49-41-43-34-36-44(48-5)37-35-43)29-22-17-14-11-10-12-15-18-27-39-50-51(47(2,3)4,45-30-23-19-24-31-45)46-32-25-20-26-33-46/h19-20,23-26,30-37,42H,6-18,21-22,27-29,38-41H2,1-5H3. The monoisotopic (exact) mass is 715 g/mol. The van der Waals surface area contributed by atoms with Crippen LogP contribution < -0.4 is 15.1 Å². The number of hydrogen-bond acceptors (Lipinski definition) is 3. The van der Waals surface area contributed by atoms with E-state index in [1.54, 1.807) is 7.11 Å². The number of benzene rings is 3. The van der Waals surface area contributed by atoms with Crippen molar-refractivity contribution in [2.24, 2.45) is 5.92 Å². The largest absolute Gasteiger partial charge is 0.497 e. The molecular weight excluding hydrogens is 641 g/mol. The third kappa shape index (κ3) is 16.0. The minimum atomic E-state index is -2.41. The summed E-state index contributed by atoms with van der Waals surface area (Å²) in [5.74, 6) is 1.71. The number of ether oxygens (including phenoxy) is 2. The molecule has 0 bridgehead atoms.